The van der Waals surface area contributed by atoms with E-state index in [1.165, 1.54) is 16.9 Å². The molecule has 1 unspecified atom stereocenters. The molecule has 3 nitrogen and oxygen atoms in total. The number of thiophene rings is 1. The van der Waals surface area contributed by atoms with Gasteiger partial charge in [0.1, 0.15) is 4.21 Å². The Morgan fingerprint density at radius 3 is 2.62 bits per heavy atom. The first kappa shape index (κ1) is 14.8. The highest BCUT2D eigenvalue weighted by Gasteiger charge is 2.33. The van der Waals surface area contributed by atoms with Gasteiger partial charge in [0.25, 0.3) is 10.0 Å². The third-order valence-electron chi connectivity index (χ3n) is 3.93. The minimum absolute atomic E-state index is 0.420. The Kier molecular flexibility index (Phi) is 4.15. The average Bonchev–Trinajstić information content (AvgIpc) is 3.10. The monoisotopic (exact) mass is 321 g/mol. The number of aryl methyl sites for hydroxylation is 1. The van der Waals surface area contributed by atoms with E-state index in [9.17, 15) is 8.42 Å². The lowest BCUT2D eigenvalue weighted by Gasteiger charge is -2.15. The van der Waals surface area contributed by atoms with Crippen LogP contribution in [0.15, 0.2) is 46.7 Å². The fourth-order valence-electron chi connectivity index (χ4n) is 2.81. The summed E-state index contributed by atoms with van der Waals surface area (Å²) in [5.74, 6) is 0.420. The number of hydrogen-bond donors (Lipinski definition) is 0. The third-order valence-corrected chi connectivity index (χ3v) is 7.26. The normalized spacial score (nSPS) is 20.0. The molecule has 1 aliphatic rings. The maximum absolute atomic E-state index is 12.6. The van der Waals surface area contributed by atoms with E-state index in [2.05, 4.69) is 12.1 Å². The SMILES string of the molecule is Cc1ccc(S(=O)(=O)N2CCC(Cc3ccccc3)C2)s1. The van der Waals surface area contributed by atoms with Gasteiger partial charge in [-0.1, -0.05) is 30.3 Å². The van der Waals surface area contributed by atoms with E-state index in [0.29, 0.717) is 23.2 Å². The molecule has 0 bridgehead atoms. The fourth-order valence-corrected chi connectivity index (χ4v) is 5.78. The van der Waals surface area contributed by atoms with Crippen molar-refractivity contribution in [1.29, 1.82) is 0 Å². The Balaban J connectivity index is 1.69. The molecule has 2 aromatic rings. The molecule has 5 heteroatoms. The van der Waals surface area contributed by atoms with Crippen LogP contribution in [0.5, 0.6) is 0 Å². The second-order valence-electron chi connectivity index (χ2n) is 5.57. The molecule has 1 aromatic heterocycles. The van der Waals surface area contributed by atoms with E-state index in [1.54, 1.807) is 10.4 Å². The predicted octanol–water partition coefficient (Wildman–Crippen LogP) is 3.31. The van der Waals surface area contributed by atoms with Crippen LogP contribution in [0.4, 0.5) is 0 Å². The number of sulfonamides is 1. The van der Waals surface area contributed by atoms with E-state index in [0.717, 1.165) is 17.7 Å². The van der Waals surface area contributed by atoms with Gasteiger partial charge in [-0.3, -0.25) is 0 Å². The van der Waals surface area contributed by atoms with Gasteiger partial charge >= 0.3 is 0 Å². The summed E-state index contributed by atoms with van der Waals surface area (Å²) in [6.45, 7) is 3.21. The molecule has 0 saturated carbocycles. The van der Waals surface area contributed by atoms with Gasteiger partial charge in [-0.2, -0.15) is 4.31 Å². The molecule has 2 heterocycles. The quantitative estimate of drug-likeness (QED) is 0.866. The van der Waals surface area contributed by atoms with E-state index in [1.807, 2.05) is 31.2 Å². The molecule has 0 aliphatic carbocycles. The molecule has 1 saturated heterocycles. The van der Waals surface area contributed by atoms with Gasteiger partial charge in [0.15, 0.2) is 0 Å². The van der Waals surface area contributed by atoms with Crippen molar-refractivity contribution in [3.05, 3.63) is 52.9 Å². The van der Waals surface area contributed by atoms with E-state index in [4.69, 9.17) is 0 Å². The largest absolute Gasteiger partial charge is 0.252 e. The molecule has 0 N–H and O–H groups in total. The van der Waals surface area contributed by atoms with Crippen LogP contribution >= 0.6 is 11.3 Å². The zero-order valence-electron chi connectivity index (χ0n) is 12.0. The molecule has 1 aliphatic heterocycles. The molecule has 0 radical (unpaired) electrons. The van der Waals surface area contributed by atoms with Gasteiger partial charge in [0, 0.05) is 18.0 Å². The molecule has 1 aromatic carbocycles. The highest BCUT2D eigenvalue weighted by molar-refractivity contribution is 7.91. The standard InChI is InChI=1S/C16H19NO2S2/c1-13-7-8-16(20-13)21(18,19)17-10-9-15(12-17)11-14-5-3-2-4-6-14/h2-8,15H,9-12H2,1H3. The highest BCUT2D eigenvalue weighted by Crippen LogP contribution is 2.29. The summed E-state index contributed by atoms with van der Waals surface area (Å²) in [7, 11) is -3.29. The highest BCUT2D eigenvalue weighted by atomic mass is 32.2. The smallest absolute Gasteiger partial charge is 0.206 e. The maximum atomic E-state index is 12.6. The van der Waals surface area contributed by atoms with E-state index >= 15 is 0 Å². The zero-order chi connectivity index (χ0) is 14.9. The van der Waals surface area contributed by atoms with Crippen molar-refractivity contribution in [3.63, 3.8) is 0 Å². The lowest BCUT2D eigenvalue weighted by molar-refractivity contribution is 0.457. The van der Waals surface area contributed by atoms with Crippen LogP contribution < -0.4 is 0 Å². The number of rotatable bonds is 4. The van der Waals surface area contributed by atoms with E-state index in [-0.39, 0.29) is 0 Å². The third kappa shape index (κ3) is 3.20. The number of benzene rings is 1. The molecule has 1 fully saturated rings. The number of nitrogens with zero attached hydrogens (tertiary/aromatic N) is 1. The van der Waals surface area contributed by atoms with Crippen LogP contribution in [-0.2, 0) is 16.4 Å². The Hall–Kier alpha value is -1.17. The van der Waals surface area contributed by atoms with Crippen molar-refractivity contribution >= 4 is 21.4 Å². The van der Waals surface area contributed by atoms with Crippen LogP contribution in [0.1, 0.15) is 16.9 Å². The van der Waals surface area contributed by atoms with Crippen molar-refractivity contribution in [2.45, 2.75) is 24.0 Å². The van der Waals surface area contributed by atoms with Crippen molar-refractivity contribution in [3.8, 4) is 0 Å². The fraction of sp³-hybridized carbons (Fsp3) is 0.375. The molecule has 21 heavy (non-hydrogen) atoms. The second kappa shape index (κ2) is 5.91. The predicted molar refractivity (Wildman–Crippen MR) is 86.1 cm³/mol. The molecule has 1 atom stereocenters. The van der Waals surface area contributed by atoms with Crippen LogP contribution in [0.3, 0.4) is 0 Å². The van der Waals surface area contributed by atoms with Crippen molar-refractivity contribution in [2.24, 2.45) is 5.92 Å². The summed E-state index contributed by atoms with van der Waals surface area (Å²) >= 11 is 1.36. The minimum atomic E-state index is -3.29. The summed E-state index contributed by atoms with van der Waals surface area (Å²) in [5.41, 5.74) is 1.29. The molecular weight excluding hydrogens is 302 g/mol. The first-order valence-electron chi connectivity index (χ1n) is 7.16. The zero-order valence-corrected chi connectivity index (χ0v) is 13.7. The maximum Gasteiger partial charge on any atom is 0.252 e. The Morgan fingerprint density at radius 2 is 1.95 bits per heavy atom. The van der Waals surface area contributed by atoms with Crippen molar-refractivity contribution in [1.82, 2.24) is 4.31 Å². The lowest BCUT2D eigenvalue weighted by Crippen LogP contribution is -2.28. The van der Waals surface area contributed by atoms with Gasteiger partial charge in [0.2, 0.25) is 0 Å². The van der Waals surface area contributed by atoms with Crippen LogP contribution in [0.2, 0.25) is 0 Å². The minimum Gasteiger partial charge on any atom is -0.206 e. The van der Waals surface area contributed by atoms with Gasteiger partial charge in [-0.15, -0.1) is 11.3 Å². The van der Waals surface area contributed by atoms with Crippen molar-refractivity contribution in [2.75, 3.05) is 13.1 Å². The second-order valence-corrected chi connectivity index (χ2v) is 9.03. The van der Waals surface area contributed by atoms with Crippen LogP contribution in [0, 0.1) is 12.8 Å². The Bertz CT molecular complexity index is 707. The van der Waals surface area contributed by atoms with Crippen LogP contribution in [-0.4, -0.2) is 25.8 Å². The first-order chi connectivity index (χ1) is 10.1. The molecule has 0 spiro atoms. The molecule has 112 valence electrons. The van der Waals surface area contributed by atoms with Crippen LogP contribution in [0.25, 0.3) is 0 Å². The topological polar surface area (TPSA) is 37.4 Å². The van der Waals surface area contributed by atoms with Gasteiger partial charge in [-0.05, 0) is 43.4 Å². The lowest BCUT2D eigenvalue weighted by atomic mass is 9.99. The average molecular weight is 321 g/mol. The molecular formula is C16H19NO2S2. The number of hydrogen-bond acceptors (Lipinski definition) is 3. The first-order valence-corrected chi connectivity index (χ1v) is 9.42. The molecule has 0 amide bonds. The van der Waals surface area contributed by atoms with Gasteiger partial charge in [0.05, 0.1) is 0 Å². The summed E-state index contributed by atoms with van der Waals surface area (Å²) < 4.78 is 27.3. The summed E-state index contributed by atoms with van der Waals surface area (Å²) in [4.78, 5) is 1.04. The molecule has 3 rings (SSSR count). The Morgan fingerprint density at radius 1 is 1.19 bits per heavy atom. The van der Waals surface area contributed by atoms with Crippen molar-refractivity contribution < 1.29 is 8.42 Å². The summed E-state index contributed by atoms with van der Waals surface area (Å²) in [5, 5.41) is 0. The van der Waals surface area contributed by atoms with E-state index < -0.39 is 10.0 Å². The summed E-state index contributed by atoms with van der Waals surface area (Å²) in [6, 6.07) is 13.9. The Labute approximate surface area is 130 Å². The van der Waals surface area contributed by atoms with Gasteiger partial charge < -0.3 is 0 Å². The van der Waals surface area contributed by atoms with Gasteiger partial charge in [-0.25, -0.2) is 8.42 Å². The summed E-state index contributed by atoms with van der Waals surface area (Å²) in [6.07, 6.45) is 1.90.